The summed E-state index contributed by atoms with van der Waals surface area (Å²) in [6, 6.07) is 19.7. The van der Waals surface area contributed by atoms with Gasteiger partial charge in [0, 0.05) is 18.0 Å². The fourth-order valence-electron chi connectivity index (χ4n) is 5.85. The normalized spacial score (nSPS) is 17.1. The van der Waals surface area contributed by atoms with Crippen LogP contribution in [0.15, 0.2) is 66.7 Å². The van der Waals surface area contributed by atoms with Crippen LogP contribution in [0.25, 0.3) is 10.9 Å². The highest BCUT2D eigenvalue weighted by molar-refractivity contribution is 6.10. The molecule has 9 heteroatoms. The van der Waals surface area contributed by atoms with Gasteiger partial charge in [-0.3, -0.25) is 19.3 Å². The van der Waals surface area contributed by atoms with E-state index >= 15 is 0 Å². The van der Waals surface area contributed by atoms with E-state index in [0.717, 1.165) is 17.4 Å². The first-order valence-electron chi connectivity index (χ1n) is 16.0. The number of amides is 2. The Balaban J connectivity index is 1.36. The van der Waals surface area contributed by atoms with E-state index in [-0.39, 0.29) is 42.4 Å². The minimum atomic E-state index is -0.938. The number of benzene rings is 2. The van der Waals surface area contributed by atoms with E-state index in [0.29, 0.717) is 43.8 Å². The average Bonchev–Trinajstić information content (AvgIpc) is 3.18. The van der Waals surface area contributed by atoms with Crippen LogP contribution in [0.2, 0.25) is 0 Å². The molecule has 1 aliphatic rings. The number of likely N-dealkylation sites (tertiary alicyclic amines) is 1. The van der Waals surface area contributed by atoms with E-state index in [2.05, 4.69) is 29.5 Å². The zero-order valence-corrected chi connectivity index (χ0v) is 26.8. The summed E-state index contributed by atoms with van der Waals surface area (Å²) in [7, 11) is 0. The minimum absolute atomic E-state index is 0.0928. The molecule has 1 aromatic heterocycles. The van der Waals surface area contributed by atoms with Gasteiger partial charge in [-0.05, 0) is 61.8 Å². The number of Topliss-reactive ketones (excluding diaryl/α,β-unsaturated/α-hetero) is 2. The summed E-state index contributed by atoms with van der Waals surface area (Å²) in [5, 5.41) is 6.83. The van der Waals surface area contributed by atoms with Gasteiger partial charge in [0.25, 0.3) is 0 Å². The summed E-state index contributed by atoms with van der Waals surface area (Å²) in [4.78, 5) is 59.7. The quantitative estimate of drug-likeness (QED) is 0.191. The molecule has 3 aromatic rings. The number of nitrogens with one attached hydrogen (secondary N) is 2. The Morgan fingerprint density at radius 1 is 0.933 bits per heavy atom. The van der Waals surface area contributed by atoms with Gasteiger partial charge in [0.05, 0.1) is 18.1 Å². The van der Waals surface area contributed by atoms with E-state index in [9.17, 15) is 19.2 Å². The predicted octanol–water partition coefficient (Wildman–Crippen LogP) is 5.57. The highest BCUT2D eigenvalue weighted by Crippen LogP contribution is 2.21. The highest BCUT2D eigenvalue weighted by Gasteiger charge is 2.34. The first-order chi connectivity index (χ1) is 21.6. The molecule has 2 amide bonds. The molecule has 1 aliphatic heterocycles. The first-order valence-corrected chi connectivity index (χ1v) is 16.0. The van der Waals surface area contributed by atoms with Gasteiger partial charge in [-0.1, -0.05) is 82.3 Å². The lowest BCUT2D eigenvalue weighted by Gasteiger charge is -2.27. The third kappa shape index (κ3) is 10.2. The zero-order chi connectivity index (χ0) is 32.3. The Kier molecular flexibility index (Phi) is 12.2. The van der Waals surface area contributed by atoms with Gasteiger partial charge in [0.15, 0.2) is 11.6 Å². The molecule has 240 valence electrons. The van der Waals surface area contributed by atoms with Crippen molar-refractivity contribution in [3.8, 4) is 0 Å². The largest absolute Gasteiger partial charge is 0.445 e. The van der Waals surface area contributed by atoms with Crippen LogP contribution >= 0.6 is 0 Å². The van der Waals surface area contributed by atoms with Crippen molar-refractivity contribution in [2.24, 2.45) is 17.8 Å². The Labute approximate surface area is 266 Å². The molecule has 0 radical (unpaired) electrons. The average molecular weight is 615 g/mol. The van der Waals surface area contributed by atoms with Crippen LogP contribution in [0.1, 0.15) is 69.4 Å². The summed E-state index contributed by atoms with van der Waals surface area (Å²) in [5.41, 5.74) is 1.85. The van der Waals surface area contributed by atoms with Gasteiger partial charge < -0.3 is 15.4 Å². The number of rotatable bonds is 13. The van der Waals surface area contributed by atoms with Gasteiger partial charge in [-0.15, -0.1) is 0 Å². The molecule has 0 bridgehead atoms. The van der Waals surface area contributed by atoms with E-state index in [1.165, 1.54) is 0 Å². The molecule has 9 nitrogen and oxygen atoms in total. The van der Waals surface area contributed by atoms with Crippen LogP contribution in [-0.4, -0.2) is 65.2 Å². The van der Waals surface area contributed by atoms with Gasteiger partial charge in [-0.25, -0.2) is 9.78 Å². The molecule has 0 aliphatic carbocycles. The third-order valence-corrected chi connectivity index (χ3v) is 8.01. The van der Waals surface area contributed by atoms with Crippen molar-refractivity contribution in [2.45, 2.75) is 72.1 Å². The summed E-state index contributed by atoms with van der Waals surface area (Å²) in [6.45, 7) is 9.59. The number of nitrogens with zero attached hydrogens (tertiary/aromatic N) is 2. The molecule has 2 N–H and O–H groups in total. The van der Waals surface area contributed by atoms with Gasteiger partial charge >= 0.3 is 6.09 Å². The lowest BCUT2D eigenvalue weighted by atomic mass is 9.90. The number of carbonyl (C=O) groups excluding carboxylic acids is 4. The van der Waals surface area contributed by atoms with Crippen molar-refractivity contribution in [1.29, 1.82) is 0 Å². The topological polar surface area (TPSA) is 118 Å². The van der Waals surface area contributed by atoms with Crippen LogP contribution in [0.5, 0.6) is 0 Å². The number of para-hydroxylation sites is 1. The number of hydrogen-bond acceptors (Lipinski definition) is 7. The summed E-state index contributed by atoms with van der Waals surface area (Å²) in [6.07, 6.45) is 1.78. The Morgan fingerprint density at radius 3 is 2.38 bits per heavy atom. The smallest absolute Gasteiger partial charge is 0.407 e. The number of carbonyl (C=O) groups is 4. The number of ketones is 2. The Bertz CT molecular complexity index is 1460. The van der Waals surface area contributed by atoms with E-state index in [1.807, 2.05) is 79.4 Å². The van der Waals surface area contributed by atoms with Crippen LogP contribution in [-0.2, 0) is 20.9 Å². The van der Waals surface area contributed by atoms with Gasteiger partial charge in [0.1, 0.15) is 18.2 Å². The molecular weight excluding hydrogens is 568 g/mol. The standard InChI is InChI=1S/C36H46N4O5/c1-24(2)19-28(37-36(44)45-23-26-11-6-5-7-12-26)21-40-18-10-15-31(33(41)22-40)39-35(43)29(20-25(3)4)34(42)32-17-16-27-13-8-9-14-30(27)38-32/h5-9,11-14,16-17,24-25,28-29,31H,10,15,18-23H2,1-4H3,(H,37,44)(H,39,43). The van der Waals surface area contributed by atoms with Crippen LogP contribution in [0.3, 0.4) is 0 Å². The second-order valence-corrected chi connectivity index (χ2v) is 12.9. The Morgan fingerprint density at radius 2 is 1.64 bits per heavy atom. The maximum Gasteiger partial charge on any atom is 0.407 e. The van der Waals surface area contributed by atoms with Crippen molar-refractivity contribution >= 4 is 34.5 Å². The molecular formula is C36H46N4O5. The van der Waals surface area contributed by atoms with E-state index in [4.69, 9.17) is 4.74 Å². The van der Waals surface area contributed by atoms with Crippen LogP contribution in [0, 0.1) is 17.8 Å². The molecule has 4 rings (SSSR count). The second kappa shape index (κ2) is 16.3. The fourth-order valence-corrected chi connectivity index (χ4v) is 5.85. The molecule has 3 atom stereocenters. The number of hydrogen-bond donors (Lipinski definition) is 2. The van der Waals surface area contributed by atoms with E-state index < -0.39 is 24.0 Å². The third-order valence-electron chi connectivity index (χ3n) is 8.01. The van der Waals surface area contributed by atoms with Gasteiger partial charge in [-0.2, -0.15) is 0 Å². The number of aromatic nitrogens is 1. The maximum atomic E-state index is 13.6. The highest BCUT2D eigenvalue weighted by atomic mass is 16.5. The van der Waals surface area contributed by atoms with Crippen molar-refractivity contribution in [3.05, 3.63) is 78.0 Å². The van der Waals surface area contributed by atoms with Crippen molar-refractivity contribution in [3.63, 3.8) is 0 Å². The zero-order valence-electron chi connectivity index (χ0n) is 26.8. The molecule has 0 saturated carbocycles. The predicted molar refractivity (Wildman–Crippen MR) is 175 cm³/mol. The number of ether oxygens (including phenoxy) is 1. The van der Waals surface area contributed by atoms with Crippen molar-refractivity contribution in [2.75, 3.05) is 19.6 Å². The second-order valence-electron chi connectivity index (χ2n) is 12.9. The SMILES string of the molecule is CC(C)CC(CN1CCCC(NC(=O)C(CC(C)C)C(=O)c2ccc3ccccc3n2)C(=O)C1)NC(=O)OCc1ccccc1. The lowest BCUT2D eigenvalue weighted by Crippen LogP contribution is -2.49. The van der Waals surface area contributed by atoms with E-state index in [1.54, 1.807) is 6.07 Å². The molecule has 2 aromatic carbocycles. The first kappa shape index (κ1) is 33.8. The van der Waals surface area contributed by atoms with Crippen molar-refractivity contribution < 1.29 is 23.9 Å². The summed E-state index contributed by atoms with van der Waals surface area (Å²) in [5.74, 6) is -1.39. The summed E-state index contributed by atoms with van der Waals surface area (Å²) < 4.78 is 5.44. The van der Waals surface area contributed by atoms with Crippen LogP contribution < -0.4 is 10.6 Å². The number of pyridine rings is 1. The van der Waals surface area contributed by atoms with Crippen LogP contribution in [0.4, 0.5) is 4.79 Å². The number of alkyl carbamates (subject to hydrolysis) is 1. The molecule has 0 spiro atoms. The molecule has 45 heavy (non-hydrogen) atoms. The molecule has 2 heterocycles. The summed E-state index contributed by atoms with van der Waals surface area (Å²) >= 11 is 0. The monoisotopic (exact) mass is 614 g/mol. The Hall–Kier alpha value is -4.11. The lowest BCUT2D eigenvalue weighted by molar-refractivity contribution is -0.129. The molecule has 1 fully saturated rings. The molecule has 1 saturated heterocycles. The number of fused-ring (bicyclic) bond motifs is 1. The molecule has 3 unspecified atom stereocenters. The maximum absolute atomic E-state index is 13.6. The van der Waals surface area contributed by atoms with Gasteiger partial charge in [0.2, 0.25) is 5.91 Å². The fraction of sp³-hybridized carbons (Fsp3) is 0.472. The minimum Gasteiger partial charge on any atom is -0.445 e. The van der Waals surface area contributed by atoms with Crippen molar-refractivity contribution in [1.82, 2.24) is 20.5 Å².